The van der Waals surface area contributed by atoms with Gasteiger partial charge in [-0.2, -0.15) is 0 Å². The third-order valence-corrected chi connectivity index (χ3v) is 11.7. The van der Waals surface area contributed by atoms with Crippen molar-refractivity contribution in [3.05, 3.63) is 74.2 Å². The van der Waals surface area contributed by atoms with E-state index in [-0.39, 0.29) is 47.7 Å². The number of hydrogen-bond acceptors (Lipinski definition) is 0. The Morgan fingerprint density at radius 3 is 2.14 bits per heavy atom. The number of aryl methyl sites for hydroxylation is 1. The number of rotatable bonds is 4. The SMILES string of the molecule is CC1=C(C)C(CC2(C)C=CC=CC2)([SiH2]c2cccc(C)c2C)[C]([Ti+3])=C1C.[Cl-].[Cl-].[Cl-]. The van der Waals surface area contributed by atoms with Crippen LogP contribution in [0.25, 0.3) is 0 Å². The molecule has 0 bridgehead atoms. The van der Waals surface area contributed by atoms with Crippen molar-refractivity contribution < 1.29 is 57.7 Å². The molecule has 0 amide bonds. The summed E-state index contributed by atoms with van der Waals surface area (Å²) in [6.07, 6.45) is 11.7. The average molecular weight is 502 g/mol. The van der Waals surface area contributed by atoms with Crippen LogP contribution in [0.1, 0.15) is 51.7 Å². The summed E-state index contributed by atoms with van der Waals surface area (Å²) in [7, 11) is -0.506. The molecule has 2 aliphatic rings. The van der Waals surface area contributed by atoms with E-state index in [1.54, 1.807) is 25.8 Å². The Morgan fingerprint density at radius 2 is 1.62 bits per heavy atom. The van der Waals surface area contributed by atoms with Gasteiger partial charge in [0, 0.05) is 0 Å². The second-order valence-electron chi connectivity index (χ2n) is 8.69. The first-order valence-electron chi connectivity index (χ1n) is 9.71. The predicted octanol–water partition coefficient (Wildman–Crippen LogP) is -3.65. The van der Waals surface area contributed by atoms with E-state index >= 15 is 0 Å². The van der Waals surface area contributed by atoms with Crippen LogP contribution in [0.4, 0.5) is 0 Å². The fourth-order valence-electron chi connectivity index (χ4n) is 4.80. The molecule has 156 valence electrons. The molecular weight excluding hydrogens is 471 g/mol. The molecule has 0 heterocycles. The molecular formula is C24H31Cl3SiTi. The van der Waals surface area contributed by atoms with E-state index in [4.69, 9.17) is 0 Å². The Labute approximate surface area is 210 Å². The monoisotopic (exact) mass is 500 g/mol. The van der Waals surface area contributed by atoms with Crippen LogP contribution in [-0.2, 0) is 20.4 Å². The summed E-state index contributed by atoms with van der Waals surface area (Å²) in [4.78, 5) is 0. The van der Waals surface area contributed by atoms with Gasteiger partial charge in [0.15, 0.2) is 0 Å². The molecule has 0 nitrogen and oxygen atoms in total. The molecule has 0 N–H and O–H groups in total. The van der Waals surface area contributed by atoms with Crippen LogP contribution in [-0.4, -0.2) is 9.52 Å². The Balaban J connectivity index is 0.00000261. The van der Waals surface area contributed by atoms with Gasteiger partial charge in [0.2, 0.25) is 0 Å². The second kappa shape index (κ2) is 11.0. The van der Waals surface area contributed by atoms with E-state index in [0.717, 1.165) is 6.42 Å². The maximum Gasteiger partial charge on any atom is -1.00 e. The summed E-state index contributed by atoms with van der Waals surface area (Å²) in [5.41, 5.74) is 7.94. The van der Waals surface area contributed by atoms with Gasteiger partial charge in [-0.15, -0.1) is 0 Å². The van der Waals surface area contributed by atoms with Gasteiger partial charge < -0.3 is 37.2 Å². The van der Waals surface area contributed by atoms with Crippen molar-refractivity contribution in [3.8, 4) is 0 Å². The summed E-state index contributed by atoms with van der Waals surface area (Å²) in [5, 5.41) is 1.92. The van der Waals surface area contributed by atoms with E-state index < -0.39 is 9.52 Å². The first-order valence-corrected chi connectivity index (χ1v) is 11.9. The van der Waals surface area contributed by atoms with Crippen molar-refractivity contribution >= 4 is 14.7 Å². The van der Waals surface area contributed by atoms with Crippen molar-refractivity contribution in [3.63, 3.8) is 0 Å². The smallest absolute Gasteiger partial charge is 1.00 e. The molecule has 0 radical (unpaired) electrons. The normalized spacial score (nSPS) is 25.9. The van der Waals surface area contributed by atoms with E-state index in [1.807, 2.05) is 0 Å². The first kappa shape index (κ1) is 29.0. The Kier molecular flexibility index (Phi) is 11.0. The number of hydrogen-bond donors (Lipinski definition) is 0. The number of benzene rings is 1. The third-order valence-electron chi connectivity index (χ3n) is 6.94. The summed E-state index contributed by atoms with van der Waals surface area (Å²) in [6.45, 7) is 14.1. The maximum absolute atomic E-state index is 2.45. The van der Waals surface area contributed by atoms with E-state index in [0.29, 0.717) is 0 Å². The minimum absolute atomic E-state index is 0. The summed E-state index contributed by atoms with van der Waals surface area (Å²) in [5.74, 6) is 0. The summed E-state index contributed by atoms with van der Waals surface area (Å²) >= 11 is 2.42. The summed E-state index contributed by atoms with van der Waals surface area (Å²) < 4.78 is 1.64. The van der Waals surface area contributed by atoms with Crippen LogP contribution < -0.4 is 42.4 Å². The van der Waals surface area contributed by atoms with Crippen molar-refractivity contribution in [1.29, 1.82) is 0 Å². The summed E-state index contributed by atoms with van der Waals surface area (Å²) in [6, 6.07) is 6.92. The van der Waals surface area contributed by atoms with Gasteiger partial charge in [-0.05, 0) is 0 Å². The zero-order valence-electron chi connectivity index (χ0n) is 18.3. The van der Waals surface area contributed by atoms with Crippen molar-refractivity contribution in [2.24, 2.45) is 5.41 Å². The Hall–Kier alpha value is -0.0188. The van der Waals surface area contributed by atoms with Crippen LogP contribution in [0.3, 0.4) is 0 Å². The van der Waals surface area contributed by atoms with Gasteiger partial charge in [-0.1, -0.05) is 0 Å². The van der Waals surface area contributed by atoms with Crippen LogP contribution in [0, 0.1) is 19.3 Å². The molecule has 0 saturated heterocycles. The van der Waals surface area contributed by atoms with Crippen LogP contribution in [0.2, 0.25) is 5.04 Å². The van der Waals surface area contributed by atoms with Crippen LogP contribution in [0.15, 0.2) is 63.1 Å². The maximum atomic E-state index is 2.45. The van der Waals surface area contributed by atoms with Crippen molar-refractivity contribution in [2.45, 2.75) is 59.4 Å². The molecule has 2 atom stereocenters. The molecule has 29 heavy (non-hydrogen) atoms. The van der Waals surface area contributed by atoms with E-state index in [2.05, 4.69) is 104 Å². The Bertz CT molecular complexity index is 843. The molecule has 1 aromatic rings. The largest absolute Gasteiger partial charge is 1.00 e. The molecule has 0 aliphatic heterocycles. The topological polar surface area (TPSA) is 0 Å². The van der Waals surface area contributed by atoms with Crippen molar-refractivity contribution in [1.82, 2.24) is 0 Å². The van der Waals surface area contributed by atoms with Gasteiger partial charge in [-0.25, -0.2) is 0 Å². The third kappa shape index (κ3) is 5.43. The van der Waals surface area contributed by atoms with Gasteiger partial charge in [-0.3, -0.25) is 0 Å². The Morgan fingerprint density at radius 1 is 0.966 bits per heavy atom. The fraction of sp³-hybridized carbons (Fsp3) is 0.417. The first-order chi connectivity index (χ1) is 12.2. The quantitative estimate of drug-likeness (QED) is 0.374. The van der Waals surface area contributed by atoms with Gasteiger partial charge in [0.1, 0.15) is 0 Å². The molecule has 0 spiro atoms. The molecule has 0 aromatic heterocycles. The zero-order chi connectivity index (χ0) is 19.1. The molecule has 3 rings (SSSR count). The number of halogens is 3. The van der Waals surface area contributed by atoms with Crippen molar-refractivity contribution in [2.75, 3.05) is 0 Å². The van der Waals surface area contributed by atoms with E-state index in [9.17, 15) is 0 Å². The van der Waals surface area contributed by atoms with Gasteiger partial charge in [0.25, 0.3) is 0 Å². The predicted molar refractivity (Wildman–Crippen MR) is 113 cm³/mol. The molecule has 0 saturated carbocycles. The van der Waals surface area contributed by atoms with Gasteiger partial charge in [0.05, 0.1) is 0 Å². The minimum atomic E-state index is -0.506. The molecule has 0 fully saturated rings. The fourth-order valence-corrected chi connectivity index (χ4v) is 9.05. The van der Waals surface area contributed by atoms with Gasteiger partial charge >= 0.3 is 174 Å². The molecule has 2 unspecified atom stereocenters. The minimum Gasteiger partial charge on any atom is -1.00 e. The molecule has 1 aromatic carbocycles. The molecule has 5 heteroatoms. The second-order valence-corrected chi connectivity index (χ2v) is 11.8. The zero-order valence-corrected chi connectivity index (χ0v) is 23.5. The van der Waals surface area contributed by atoms with Crippen LogP contribution in [0.5, 0.6) is 0 Å². The standard InChI is InChI=1S/C24H31Si.3ClH.Ti/c1-17-11-10-12-22(20(17)4)25-24(15-18(2)19(3)21(24)5)16-23(6)13-8-7-9-14-23;;;;/h7-13H,14,16,25H2,1-6H3;3*1H;/q;;;;+3/p-3. The average Bonchev–Trinajstić information content (AvgIpc) is 2.75. The van der Waals surface area contributed by atoms with E-state index in [1.165, 1.54) is 17.5 Å². The molecule has 2 aliphatic carbocycles. The number of allylic oxidation sites excluding steroid dienone is 8. The van der Waals surface area contributed by atoms with Crippen LogP contribution >= 0.6 is 0 Å².